The van der Waals surface area contributed by atoms with Crippen molar-refractivity contribution in [3.8, 4) is 79.2 Å². The standard InChI is InChI=1S/C44H28N6.C41H27N3/c1-4-15-29(16-5-1)41-46-42(30-17-6-2-7-18-30)48-44(47-41)50-36-25-11-10-21-34(36)39-32(22-13-27-38(39)50)33-23-12-26-37-40(33)35-24-14-28-45-43(35)49(37)31-19-8-3-9-20-31;1-3-12-28(13-4-1)29-23-25-31(26-24-29)43-36-20-8-7-16-34(36)39-32(17-9-21-37(39)43)33-18-10-22-38-40(33)35-19-11-27-42-41(35)44(38)30-14-5-2-6-15-30/h1-28H;1-27H. The first-order chi connectivity index (χ1) is 46.7. The highest BCUT2D eigenvalue weighted by Crippen LogP contribution is 2.46. The molecule has 12 aromatic carbocycles. The van der Waals surface area contributed by atoms with Gasteiger partial charge in [-0.3, -0.25) is 13.7 Å². The summed E-state index contributed by atoms with van der Waals surface area (Å²) in [5.74, 6) is 1.83. The predicted molar refractivity (Wildman–Crippen MR) is 386 cm³/mol. The minimum absolute atomic E-state index is 0.573. The number of hydrogen-bond acceptors (Lipinski definition) is 5. The van der Waals surface area contributed by atoms with E-state index in [1.54, 1.807) is 0 Å². The highest BCUT2D eigenvalue weighted by atomic mass is 15.2. The number of hydrogen-bond donors (Lipinski definition) is 0. The third-order valence-corrected chi connectivity index (χ3v) is 18.2. The van der Waals surface area contributed by atoms with Crippen molar-refractivity contribution in [2.24, 2.45) is 0 Å². The zero-order valence-electron chi connectivity index (χ0n) is 50.8. The number of benzene rings is 12. The molecule has 0 bridgehead atoms. The van der Waals surface area contributed by atoms with E-state index in [1.807, 2.05) is 91.3 Å². The second kappa shape index (κ2) is 22.6. The molecule has 0 fully saturated rings. The maximum absolute atomic E-state index is 5.13. The van der Waals surface area contributed by atoms with E-state index < -0.39 is 0 Å². The van der Waals surface area contributed by atoms with Crippen LogP contribution < -0.4 is 0 Å². The van der Waals surface area contributed by atoms with Crippen molar-refractivity contribution in [3.05, 3.63) is 334 Å². The first-order valence-corrected chi connectivity index (χ1v) is 31.7. The lowest BCUT2D eigenvalue weighted by Gasteiger charge is -2.11. The van der Waals surface area contributed by atoms with Crippen LogP contribution in [0.3, 0.4) is 0 Å². The highest BCUT2D eigenvalue weighted by Gasteiger charge is 2.25. The predicted octanol–water partition coefficient (Wildman–Crippen LogP) is 21.1. The normalized spacial score (nSPS) is 11.6. The van der Waals surface area contributed by atoms with Crippen LogP contribution in [-0.2, 0) is 0 Å². The van der Waals surface area contributed by atoms with Gasteiger partial charge in [-0.15, -0.1) is 0 Å². The SMILES string of the molecule is c1ccc(-c2ccc(-n3c4ccccc4c4c(-c5cccc6c5c5cccnc5n6-c5ccccc5)cccc43)cc2)cc1.c1ccc(-c2nc(-c3ccccc3)nc(-n3c4ccccc4c4c(-c5cccc6c5c5cccnc5n6-c5ccccc5)cccc43)n2)cc1. The third kappa shape index (κ3) is 8.89. The van der Waals surface area contributed by atoms with Crippen LogP contribution in [0.4, 0.5) is 0 Å². The molecule has 0 atom stereocenters. The van der Waals surface area contributed by atoms with E-state index in [1.165, 1.54) is 54.8 Å². The number of aromatic nitrogens is 9. The van der Waals surface area contributed by atoms with Gasteiger partial charge in [0.1, 0.15) is 11.3 Å². The summed E-state index contributed by atoms with van der Waals surface area (Å²) in [5, 5.41) is 9.42. The van der Waals surface area contributed by atoms with Gasteiger partial charge >= 0.3 is 0 Å². The topological polar surface area (TPSA) is 84.2 Å². The summed E-state index contributed by atoms with van der Waals surface area (Å²) in [6.45, 7) is 0. The highest BCUT2D eigenvalue weighted by molar-refractivity contribution is 6.23. The van der Waals surface area contributed by atoms with Crippen LogP contribution in [0.2, 0.25) is 0 Å². The van der Waals surface area contributed by atoms with E-state index in [0.717, 1.165) is 94.2 Å². The number of nitrogens with zero attached hydrogens (tertiary/aromatic N) is 9. The molecule has 0 aliphatic rings. The minimum atomic E-state index is 0.573. The van der Waals surface area contributed by atoms with Gasteiger partial charge in [0.05, 0.1) is 33.1 Å². The molecule has 0 N–H and O–H groups in total. The summed E-state index contributed by atoms with van der Waals surface area (Å²) in [4.78, 5) is 25.0. The van der Waals surface area contributed by atoms with E-state index in [2.05, 4.69) is 261 Å². The van der Waals surface area contributed by atoms with Crippen molar-refractivity contribution >= 4 is 87.5 Å². The smallest absolute Gasteiger partial charge is 0.238 e. The van der Waals surface area contributed by atoms with E-state index in [0.29, 0.717) is 17.6 Å². The number of rotatable bonds is 9. The van der Waals surface area contributed by atoms with Crippen LogP contribution in [0.15, 0.2) is 334 Å². The lowest BCUT2D eigenvalue weighted by molar-refractivity contribution is 0.953. The average molecular weight is 1200 g/mol. The molecule has 9 heteroatoms. The zero-order valence-corrected chi connectivity index (χ0v) is 50.8. The van der Waals surface area contributed by atoms with Crippen LogP contribution >= 0.6 is 0 Å². The van der Waals surface area contributed by atoms with Crippen molar-refractivity contribution in [2.45, 2.75) is 0 Å². The van der Waals surface area contributed by atoms with Crippen molar-refractivity contribution in [3.63, 3.8) is 0 Å². The molecule has 0 radical (unpaired) electrons. The molecule has 0 aliphatic carbocycles. The molecule has 0 amide bonds. The summed E-state index contributed by atoms with van der Waals surface area (Å²) >= 11 is 0. The summed E-state index contributed by atoms with van der Waals surface area (Å²) in [5.41, 5.74) is 21.0. The minimum Gasteiger partial charge on any atom is -0.309 e. The van der Waals surface area contributed by atoms with E-state index in [4.69, 9.17) is 24.9 Å². The zero-order chi connectivity index (χ0) is 62.1. The molecule has 0 spiro atoms. The van der Waals surface area contributed by atoms with E-state index in [9.17, 15) is 0 Å². The van der Waals surface area contributed by atoms with Crippen molar-refractivity contribution in [1.29, 1.82) is 0 Å². The molecule has 0 unspecified atom stereocenters. The van der Waals surface area contributed by atoms with Crippen LogP contribution in [-0.4, -0.2) is 43.2 Å². The van der Waals surface area contributed by atoms with E-state index in [-0.39, 0.29) is 0 Å². The molecule has 7 heterocycles. The number of fused-ring (bicyclic) bond motifs is 12. The second-order valence-electron chi connectivity index (χ2n) is 23.5. The Balaban J connectivity index is 0.000000139. The fourth-order valence-corrected chi connectivity index (χ4v) is 14.2. The van der Waals surface area contributed by atoms with Gasteiger partial charge in [0, 0.05) is 83.7 Å². The van der Waals surface area contributed by atoms with Gasteiger partial charge in [0.25, 0.3) is 0 Å². The van der Waals surface area contributed by atoms with Gasteiger partial charge in [0.2, 0.25) is 5.95 Å². The van der Waals surface area contributed by atoms with Crippen molar-refractivity contribution in [2.75, 3.05) is 0 Å². The Morgan fingerprint density at radius 3 is 0.968 bits per heavy atom. The molecule has 94 heavy (non-hydrogen) atoms. The molecule has 19 rings (SSSR count). The van der Waals surface area contributed by atoms with Gasteiger partial charge in [0.15, 0.2) is 11.6 Å². The largest absolute Gasteiger partial charge is 0.309 e. The van der Waals surface area contributed by atoms with Crippen molar-refractivity contribution < 1.29 is 0 Å². The Bertz CT molecular complexity index is 6020. The molecule has 0 aliphatic heterocycles. The fourth-order valence-electron chi connectivity index (χ4n) is 14.2. The summed E-state index contributed by atoms with van der Waals surface area (Å²) < 4.78 is 9.13. The Morgan fingerprint density at radius 2 is 0.521 bits per heavy atom. The first-order valence-electron chi connectivity index (χ1n) is 31.7. The third-order valence-electron chi connectivity index (χ3n) is 18.2. The van der Waals surface area contributed by atoms with Crippen LogP contribution in [0.5, 0.6) is 0 Å². The number of para-hydroxylation sites is 4. The van der Waals surface area contributed by atoms with Gasteiger partial charge in [-0.25, -0.2) is 15.0 Å². The quantitative estimate of drug-likeness (QED) is 0.144. The maximum atomic E-state index is 5.13. The lowest BCUT2D eigenvalue weighted by atomic mass is 9.95. The summed E-state index contributed by atoms with van der Waals surface area (Å²) in [6.07, 6.45) is 3.76. The fraction of sp³-hybridized carbons (Fsp3) is 0. The average Bonchev–Trinajstić information content (AvgIpc) is 1.57. The summed E-state index contributed by atoms with van der Waals surface area (Å²) in [6, 6.07) is 113. The Hall–Kier alpha value is -12.9. The van der Waals surface area contributed by atoms with Crippen LogP contribution in [0.25, 0.3) is 167 Å². The van der Waals surface area contributed by atoms with Gasteiger partial charge in [-0.1, -0.05) is 224 Å². The second-order valence-corrected chi connectivity index (χ2v) is 23.5. The number of pyridine rings is 2. The summed E-state index contributed by atoms with van der Waals surface area (Å²) in [7, 11) is 0. The molecule has 7 aromatic heterocycles. The van der Waals surface area contributed by atoms with Crippen LogP contribution in [0.1, 0.15) is 0 Å². The van der Waals surface area contributed by atoms with Gasteiger partial charge in [-0.05, 0) is 130 Å². The first kappa shape index (κ1) is 54.1. The van der Waals surface area contributed by atoms with Crippen molar-refractivity contribution in [1.82, 2.24) is 43.2 Å². The molecular formula is C85H55N9. The molecule has 440 valence electrons. The monoisotopic (exact) mass is 1200 g/mol. The Labute approximate surface area is 540 Å². The van der Waals surface area contributed by atoms with Crippen LogP contribution in [0, 0.1) is 0 Å². The molecule has 0 saturated carbocycles. The van der Waals surface area contributed by atoms with Gasteiger partial charge in [-0.2, -0.15) is 9.97 Å². The van der Waals surface area contributed by atoms with E-state index >= 15 is 0 Å². The Morgan fingerprint density at radius 1 is 0.202 bits per heavy atom. The Kier molecular flexibility index (Phi) is 13.0. The molecule has 19 aromatic rings. The molecular weight excluding hydrogens is 1150 g/mol. The lowest BCUT2D eigenvalue weighted by Crippen LogP contribution is -2.06. The van der Waals surface area contributed by atoms with Gasteiger partial charge < -0.3 is 4.57 Å². The molecule has 0 saturated heterocycles. The molecule has 9 nitrogen and oxygen atoms in total. The maximum Gasteiger partial charge on any atom is 0.238 e.